The maximum absolute atomic E-state index is 12.6. The maximum Gasteiger partial charge on any atom is 0.236 e. The molecule has 0 aliphatic carbocycles. The van der Waals surface area contributed by atoms with E-state index >= 15 is 0 Å². The summed E-state index contributed by atoms with van der Waals surface area (Å²) >= 11 is 0. The largest absolute Gasteiger partial charge is 0.341 e. The van der Waals surface area contributed by atoms with Crippen LogP contribution in [0.3, 0.4) is 0 Å². The molecule has 0 radical (unpaired) electrons. The third-order valence-corrected chi connectivity index (χ3v) is 3.76. The van der Waals surface area contributed by atoms with Crippen molar-refractivity contribution in [3.63, 3.8) is 0 Å². The van der Waals surface area contributed by atoms with E-state index < -0.39 is 0 Å². The monoisotopic (exact) mass is 283 g/mol. The number of nitrogens with zero attached hydrogens (tertiary/aromatic N) is 2. The number of amides is 1. The summed E-state index contributed by atoms with van der Waals surface area (Å²) in [5.41, 5.74) is 0. The van der Waals surface area contributed by atoms with E-state index in [9.17, 15) is 4.79 Å². The zero-order valence-corrected chi connectivity index (χ0v) is 14.1. The van der Waals surface area contributed by atoms with Gasteiger partial charge < -0.3 is 10.2 Å². The third-order valence-electron chi connectivity index (χ3n) is 3.76. The second-order valence-electron chi connectivity index (χ2n) is 7.17. The number of hydrogen-bond acceptors (Lipinski definition) is 3. The van der Waals surface area contributed by atoms with Gasteiger partial charge in [0, 0.05) is 38.3 Å². The molecule has 2 atom stereocenters. The summed E-state index contributed by atoms with van der Waals surface area (Å²) in [5.74, 6) is 1.34. The van der Waals surface area contributed by atoms with E-state index in [1.807, 2.05) is 0 Å². The molecule has 0 aromatic rings. The van der Waals surface area contributed by atoms with Gasteiger partial charge in [-0.25, -0.2) is 0 Å². The standard InChI is InChI=1S/C16H33N3O/c1-12(2)8-19(9-13(3)4)16(20)11-18-10-14(5)17-7-15(18)6/h12-15,17H,7-11H2,1-6H3. The molecule has 0 aromatic carbocycles. The molecule has 1 N–H and O–H groups in total. The van der Waals surface area contributed by atoms with Crippen molar-refractivity contribution in [1.82, 2.24) is 15.1 Å². The van der Waals surface area contributed by atoms with Gasteiger partial charge in [0.2, 0.25) is 5.91 Å². The van der Waals surface area contributed by atoms with Gasteiger partial charge in [0.25, 0.3) is 0 Å². The SMILES string of the molecule is CC(C)CN(CC(C)C)C(=O)CN1CC(C)NCC1C. The molecule has 4 heteroatoms. The molecule has 1 saturated heterocycles. The van der Waals surface area contributed by atoms with Crippen LogP contribution in [0.1, 0.15) is 41.5 Å². The average Bonchev–Trinajstić information content (AvgIpc) is 2.31. The molecular weight excluding hydrogens is 250 g/mol. The normalized spacial score (nSPS) is 24.4. The van der Waals surface area contributed by atoms with Crippen molar-refractivity contribution in [3.05, 3.63) is 0 Å². The second-order valence-corrected chi connectivity index (χ2v) is 7.17. The van der Waals surface area contributed by atoms with E-state index in [4.69, 9.17) is 0 Å². The summed E-state index contributed by atoms with van der Waals surface area (Å²) in [6, 6.07) is 0.915. The molecule has 118 valence electrons. The van der Waals surface area contributed by atoms with Gasteiger partial charge in [-0.15, -0.1) is 0 Å². The predicted molar refractivity (Wildman–Crippen MR) is 84.8 cm³/mol. The van der Waals surface area contributed by atoms with Crippen LogP contribution in [0.2, 0.25) is 0 Å². The highest BCUT2D eigenvalue weighted by atomic mass is 16.2. The van der Waals surface area contributed by atoms with E-state index in [1.54, 1.807) is 0 Å². The van der Waals surface area contributed by atoms with Crippen LogP contribution in [0.25, 0.3) is 0 Å². The van der Waals surface area contributed by atoms with Crippen LogP contribution in [0.5, 0.6) is 0 Å². The van der Waals surface area contributed by atoms with Crippen molar-refractivity contribution < 1.29 is 4.79 Å². The van der Waals surface area contributed by atoms with E-state index in [0.29, 0.717) is 30.5 Å². The number of piperazine rings is 1. The van der Waals surface area contributed by atoms with E-state index in [0.717, 1.165) is 26.2 Å². The van der Waals surface area contributed by atoms with Crippen LogP contribution in [0.15, 0.2) is 0 Å². The lowest BCUT2D eigenvalue weighted by Gasteiger charge is -2.38. The summed E-state index contributed by atoms with van der Waals surface area (Å²) in [7, 11) is 0. The van der Waals surface area contributed by atoms with Gasteiger partial charge in [-0.2, -0.15) is 0 Å². The van der Waals surface area contributed by atoms with Gasteiger partial charge in [0.1, 0.15) is 0 Å². The molecule has 2 unspecified atom stereocenters. The Bertz CT molecular complexity index is 294. The zero-order chi connectivity index (χ0) is 15.3. The number of carbonyl (C=O) groups excluding carboxylic acids is 1. The summed E-state index contributed by atoms with van der Waals surface area (Å²) < 4.78 is 0. The highest BCUT2D eigenvalue weighted by Gasteiger charge is 2.26. The van der Waals surface area contributed by atoms with E-state index in [-0.39, 0.29) is 5.91 Å². The van der Waals surface area contributed by atoms with E-state index in [2.05, 4.69) is 56.7 Å². The van der Waals surface area contributed by atoms with E-state index in [1.165, 1.54) is 0 Å². The van der Waals surface area contributed by atoms with Crippen molar-refractivity contribution in [2.75, 3.05) is 32.7 Å². The van der Waals surface area contributed by atoms with Gasteiger partial charge in [0.05, 0.1) is 6.54 Å². The molecular formula is C16H33N3O. The molecule has 0 aromatic heterocycles. The smallest absolute Gasteiger partial charge is 0.236 e. The summed E-state index contributed by atoms with van der Waals surface area (Å²) in [5, 5.41) is 3.46. The first-order chi connectivity index (χ1) is 9.29. The molecule has 20 heavy (non-hydrogen) atoms. The molecule has 1 heterocycles. The lowest BCUT2D eigenvalue weighted by Crippen LogP contribution is -2.57. The highest BCUT2D eigenvalue weighted by molar-refractivity contribution is 5.78. The van der Waals surface area contributed by atoms with Crippen LogP contribution in [-0.4, -0.2) is 60.5 Å². The van der Waals surface area contributed by atoms with Gasteiger partial charge >= 0.3 is 0 Å². The fraction of sp³-hybridized carbons (Fsp3) is 0.938. The Balaban J connectivity index is 2.59. The Kier molecular flexibility index (Phi) is 6.96. The predicted octanol–water partition coefficient (Wildman–Crippen LogP) is 1.81. The molecule has 4 nitrogen and oxygen atoms in total. The minimum atomic E-state index is 0.286. The number of rotatable bonds is 6. The maximum atomic E-state index is 12.6. The van der Waals surface area contributed by atoms with Crippen LogP contribution < -0.4 is 5.32 Å². The molecule has 0 saturated carbocycles. The zero-order valence-electron chi connectivity index (χ0n) is 14.1. The fourth-order valence-electron chi connectivity index (χ4n) is 2.75. The molecule has 1 fully saturated rings. The fourth-order valence-corrected chi connectivity index (χ4v) is 2.75. The van der Waals surface area contributed by atoms with Crippen LogP contribution in [0, 0.1) is 11.8 Å². The lowest BCUT2D eigenvalue weighted by atomic mass is 10.1. The average molecular weight is 283 g/mol. The van der Waals surface area contributed by atoms with Crippen molar-refractivity contribution in [3.8, 4) is 0 Å². The molecule has 1 amide bonds. The molecule has 1 aliphatic heterocycles. The van der Waals surface area contributed by atoms with Crippen molar-refractivity contribution in [2.24, 2.45) is 11.8 Å². The Morgan fingerprint density at radius 2 is 1.75 bits per heavy atom. The third kappa shape index (κ3) is 5.80. The topological polar surface area (TPSA) is 35.6 Å². The molecule has 0 bridgehead atoms. The first kappa shape index (κ1) is 17.4. The minimum Gasteiger partial charge on any atom is -0.341 e. The summed E-state index contributed by atoms with van der Waals surface area (Å²) in [6.07, 6.45) is 0. The summed E-state index contributed by atoms with van der Waals surface area (Å²) in [6.45, 7) is 17.3. The Morgan fingerprint density at radius 3 is 2.25 bits per heavy atom. The number of hydrogen-bond donors (Lipinski definition) is 1. The van der Waals surface area contributed by atoms with Crippen LogP contribution >= 0.6 is 0 Å². The second kappa shape index (κ2) is 7.99. The van der Waals surface area contributed by atoms with Crippen LogP contribution in [-0.2, 0) is 4.79 Å². The Labute approximate surface area is 124 Å². The van der Waals surface area contributed by atoms with Crippen LogP contribution in [0.4, 0.5) is 0 Å². The minimum absolute atomic E-state index is 0.286. The van der Waals surface area contributed by atoms with Gasteiger partial charge in [-0.05, 0) is 25.7 Å². The Hall–Kier alpha value is -0.610. The van der Waals surface area contributed by atoms with Crippen molar-refractivity contribution in [1.29, 1.82) is 0 Å². The lowest BCUT2D eigenvalue weighted by molar-refractivity contribution is -0.134. The van der Waals surface area contributed by atoms with Gasteiger partial charge in [-0.3, -0.25) is 9.69 Å². The Morgan fingerprint density at radius 1 is 1.20 bits per heavy atom. The van der Waals surface area contributed by atoms with Gasteiger partial charge in [0.15, 0.2) is 0 Å². The van der Waals surface area contributed by atoms with Gasteiger partial charge in [-0.1, -0.05) is 27.7 Å². The molecule has 0 spiro atoms. The highest BCUT2D eigenvalue weighted by Crippen LogP contribution is 2.09. The molecule has 1 rings (SSSR count). The molecule has 1 aliphatic rings. The first-order valence-electron chi connectivity index (χ1n) is 8.04. The number of carbonyl (C=O) groups is 1. The van der Waals surface area contributed by atoms with Crippen molar-refractivity contribution >= 4 is 5.91 Å². The van der Waals surface area contributed by atoms with Crippen molar-refractivity contribution in [2.45, 2.75) is 53.6 Å². The first-order valence-corrected chi connectivity index (χ1v) is 8.04. The summed E-state index contributed by atoms with van der Waals surface area (Å²) in [4.78, 5) is 17.0. The number of nitrogens with one attached hydrogen (secondary N) is 1. The quantitative estimate of drug-likeness (QED) is 0.807.